The molecule has 0 aliphatic rings. The van der Waals surface area contributed by atoms with Crippen LogP contribution in [-0.4, -0.2) is 23.5 Å². The maximum atomic E-state index is 12.1. The molecule has 0 saturated heterocycles. The number of nitrogens with one attached hydrogen (secondary N) is 1. The highest BCUT2D eigenvalue weighted by atomic mass is 35.5. The molecule has 0 saturated carbocycles. The van der Waals surface area contributed by atoms with Crippen molar-refractivity contribution < 1.29 is 18.7 Å². The Morgan fingerprint density at radius 2 is 2.04 bits per heavy atom. The molecule has 0 spiro atoms. The summed E-state index contributed by atoms with van der Waals surface area (Å²) in [5, 5.41) is 3.27. The third kappa shape index (κ3) is 3.50. The van der Waals surface area contributed by atoms with E-state index >= 15 is 0 Å². The molecule has 1 N–H and O–H groups in total. The molecule has 6 nitrogen and oxygen atoms in total. The number of hydrogen-bond acceptors (Lipinski definition) is 5. The molecule has 1 heterocycles. The van der Waals surface area contributed by atoms with Gasteiger partial charge < -0.3 is 14.5 Å². The summed E-state index contributed by atoms with van der Waals surface area (Å²) in [6.07, 6.45) is 1.23. The van der Waals surface area contributed by atoms with Gasteiger partial charge in [0.05, 0.1) is 16.3 Å². The molecule has 0 unspecified atom stereocenters. The zero-order chi connectivity index (χ0) is 17.1. The van der Waals surface area contributed by atoms with Crippen molar-refractivity contribution in [1.29, 1.82) is 0 Å². The van der Waals surface area contributed by atoms with E-state index in [1.165, 1.54) is 12.5 Å². The molecule has 1 aromatic heterocycles. The highest BCUT2D eigenvalue weighted by Gasteiger charge is 2.16. The molecule has 8 heteroatoms. The fourth-order valence-corrected chi connectivity index (χ4v) is 2.49. The number of esters is 1. The number of fused-ring (bicyclic) bond motifs is 1. The Kier molecular flexibility index (Phi) is 4.69. The van der Waals surface area contributed by atoms with E-state index < -0.39 is 18.5 Å². The predicted molar refractivity (Wildman–Crippen MR) is 89.4 cm³/mol. The second kappa shape index (κ2) is 6.90. The molecular weight excluding hydrogens is 355 g/mol. The van der Waals surface area contributed by atoms with Gasteiger partial charge in [0.25, 0.3) is 5.91 Å². The van der Waals surface area contributed by atoms with Gasteiger partial charge >= 0.3 is 5.97 Å². The number of halogens is 2. The molecule has 122 valence electrons. The number of rotatable bonds is 4. The summed E-state index contributed by atoms with van der Waals surface area (Å²) in [6, 6.07) is 9.49. The molecule has 0 fully saturated rings. The lowest BCUT2D eigenvalue weighted by atomic mass is 10.2. The number of aromatic nitrogens is 1. The first-order valence-corrected chi connectivity index (χ1v) is 7.54. The number of oxazole rings is 1. The van der Waals surface area contributed by atoms with Gasteiger partial charge in [0.1, 0.15) is 5.52 Å². The van der Waals surface area contributed by atoms with Crippen molar-refractivity contribution in [2.45, 2.75) is 0 Å². The van der Waals surface area contributed by atoms with Crippen LogP contribution < -0.4 is 5.32 Å². The SMILES string of the molecule is O=C(COC(=O)c1cccc2ocnc12)Nc1ccc(Cl)cc1Cl. The smallest absolute Gasteiger partial charge is 0.340 e. The van der Waals surface area contributed by atoms with Crippen LogP contribution in [-0.2, 0) is 9.53 Å². The summed E-state index contributed by atoms with van der Waals surface area (Å²) in [7, 11) is 0. The number of benzene rings is 2. The zero-order valence-corrected chi connectivity index (χ0v) is 13.6. The molecule has 0 aliphatic carbocycles. The molecule has 24 heavy (non-hydrogen) atoms. The lowest BCUT2D eigenvalue weighted by molar-refractivity contribution is -0.119. The minimum absolute atomic E-state index is 0.221. The molecular formula is C16H10Cl2N2O4. The fourth-order valence-electron chi connectivity index (χ4n) is 2.04. The highest BCUT2D eigenvalue weighted by Crippen LogP contribution is 2.25. The monoisotopic (exact) mass is 364 g/mol. The quantitative estimate of drug-likeness (QED) is 0.709. The van der Waals surface area contributed by atoms with Crippen LogP contribution in [0, 0.1) is 0 Å². The molecule has 0 atom stereocenters. The molecule has 1 amide bonds. The second-order valence-electron chi connectivity index (χ2n) is 4.75. The number of amides is 1. The van der Waals surface area contributed by atoms with Crippen LogP contribution in [0.25, 0.3) is 11.1 Å². The number of nitrogens with zero attached hydrogens (tertiary/aromatic N) is 1. The lowest BCUT2D eigenvalue weighted by Gasteiger charge is -2.08. The number of ether oxygens (including phenoxy) is 1. The van der Waals surface area contributed by atoms with Gasteiger partial charge in [-0.05, 0) is 30.3 Å². The third-order valence-electron chi connectivity index (χ3n) is 3.12. The van der Waals surface area contributed by atoms with Gasteiger partial charge in [0.2, 0.25) is 0 Å². The molecule has 0 bridgehead atoms. The summed E-state index contributed by atoms with van der Waals surface area (Å²) < 4.78 is 10.1. The highest BCUT2D eigenvalue weighted by molar-refractivity contribution is 6.36. The second-order valence-corrected chi connectivity index (χ2v) is 5.60. The lowest BCUT2D eigenvalue weighted by Crippen LogP contribution is -2.21. The predicted octanol–water partition coefficient (Wildman–Crippen LogP) is 3.93. The molecule has 0 radical (unpaired) electrons. The average molecular weight is 365 g/mol. The Bertz CT molecular complexity index is 923. The largest absolute Gasteiger partial charge is 0.452 e. The van der Waals surface area contributed by atoms with E-state index in [4.69, 9.17) is 32.4 Å². The van der Waals surface area contributed by atoms with Gasteiger partial charge in [-0.1, -0.05) is 29.3 Å². The van der Waals surface area contributed by atoms with E-state index in [0.29, 0.717) is 21.8 Å². The minimum Gasteiger partial charge on any atom is -0.452 e. The van der Waals surface area contributed by atoms with Gasteiger partial charge in [0, 0.05) is 5.02 Å². The van der Waals surface area contributed by atoms with Crippen LogP contribution in [0.5, 0.6) is 0 Å². The number of anilines is 1. The number of carbonyl (C=O) groups is 2. The van der Waals surface area contributed by atoms with E-state index in [0.717, 1.165) is 0 Å². The number of para-hydroxylation sites is 1. The standard InChI is InChI=1S/C16H10Cl2N2O4/c17-9-4-5-12(11(18)6-9)20-14(21)7-23-16(22)10-2-1-3-13-15(10)19-8-24-13/h1-6,8H,7H2,(H,20,21). The zero-order valence-electron chi connectivity index (χ0n) is 12.1. The molecule has 3 rings (SSSR count). The Hall–Kier alpha value is -2.57. The first-order chi connectivity index (χ1) is 11.5. The first kappa shape index (κ1) is 16.3. The summed E-state index contributed by atoms with van der Waals surface area (Å²) in [4.78, 5) is 27.9. The molecule has 2 aromatic carbocycles. The van der Waals surface area contributed by atoms with E-state index in [1.54, 1.807) is 30.3 Å². The van der Waals surface area contributed by atoms with E-state index in [-0.39, 0.29) is 10.6 Å². The van der Waals surface area contributed by atoms with Crippen molar-refractivity contribution in [2.75, 3.05) is 11.9 Å². The van der Waals surface area contributed by atoms with Crippen LogP contribution >= 0.6 is 23.2 Å². The van der Waals surface area contributed by atoms with Gasteiger partial charge in [-0.2, -0.15) is 0 Å². The van der Waals surface area contributed by atoms with Crippen LogP contribution in [0.2, 0.25) is 10.0 Å². The number of hydrogen-bond donors (Lipinski definition) is 1. The Morgan fingerprint density at radius 3 is 2.83 bits per heavy atom. The van der Waals surface area contributed by atoms with E-state index in [1.807, 2.05) is 0 Å². The van der Waals surface area contributed by atoms with Crippen molar-refractivity contribution in [3.63, 3.8) is 0 Å². The van der Waals surface area contributed by atoms with Gasteiger partial charge in [-0.25, -0.2) is 9.78 Å². The summed E-state index contributed by atoms with van der Waals surface area (Å²) in [5.41, 5.74) is 1.43. The van der Waals surface area contributed by atoms with Gasteiger partial charge in [-0.15, -0.1) is 0 Å². The van der Waals surface area contributed by atoms with Crippen molar-refractivity contribution in [3.05, 3.63) is 58.4 Å². The van der Waals surface area contributed by atoms with Gasteiger partial charge in [0.15, 0.2) is 18.6 Å². The van der Waals surface area contributed by atoms with Crippen LogP contribution in [0.15, 0.2) is 47.2 Å². The van der Waals surface area contributed by atoms with Crippen LogP contribution in [0.3, 0.4) is 0 Å². The van der Waals surface area contributed by atoms with Crippen molar-refractivity contribution in [1.82, 2.24) is 4.98 Å². The van der Waals surface area contributed by atoms with Crippen LogP contribution in [0.1, 0.15) is 10.4 Å². The third-order valence-corrected chi connectivity index (χ3v) is 3.67. The van der Waals surface area contributed by atoms with E-state index in [2.05, 4.69) is 10.3 Å². The maximum absolute atomic E-state index is 12.1. The van der Waals surface area contributed by atoms with Crippen molar-refractivity contribution in [2.24, 2.45) is 0 Å². The Labute approximate surface area is 146 Å². The van der Waals surface area contributed by atoms with E-state index in [9.17, 15) is 9.59 Å². The van der Waals surface area contributed by atoms with Crippen molar-refractivity contribution >= 4 is 51.9 Å². The summed E-state index contributed by atoms with van der Waals surface area (Å²) in [6.45, 7) is -0.466. The minimum atomic E-state index is -0.674. The first-order valence-electron chi connectivity index (χ1n) is 6.79. The summed E-state index contributed by atoms with van der Waals surface area (Å²) in [5.74, 6) is -1.20. The number of carbonyl (C=O) groups excluding carboxylic acids is 2. The Morgan fingerprint density at radius 1 is 1.21 bits per heavy atom. The normalized spacial score (nSPS) is 10.6. The van der Waals surface area contributed by atoms with Crippen LogP contribution in [0.4, 0.5) is 5.69 Å². The average Bonchev–Trinajstić information content (AvgIpc) is 3.04. The molecule has 0 aliphatic heterocycles. The topological polar surface area (TPSA) is 81.4 Å². The molecule has 3 aromatic rings. The summed E-state index contributed by atoms with van der Waals surface area (Å²) >= 11 is 11.7. The maximum Gasteiger partial charge on any atom is 0.340 e. The fraction of sp³-hybridized carbons (Fsp3) is 0.0625. The Balaban J connectivity index is 1.64. The van der Waals surface area contributed by atoms with Gasteiger partial charge in [-0.3, -0.25) is 4.79 Å². The van der Waals surface area contributed by atoms with Crippen molar-refractivity contribution in [3.8, 4) is 0 Å².